The average molecular weight is 624 g/mol. The van der Waals surface area contributed by atoms with Crippen molar-refractivity contribution in [2.45, 2.75) is 38.0 Å². The van der Waals surface area contributed by atoms with Crippen LogP contribution >= 0.6 is 11.3 Å². The van der Waals surface area contributed by atoms with E-state index in [1.54, 1.807) is 0 Å². The van der Waals surface area contributed by atoms with Crippen LogP contribution in [0.5, 0.6) is 0 Å². The Kier molecular flexibility index (Phi) is 7.09. The Balaban J connectivity index is 1.16. The smallest absolute Gasteiger partial charge is 0.164 e. The first-order valence-electron chi connectivity index (χ1n) is 16.6. The number of hydrogen-bond acceptors (Lipinski definition) is 4. The van der Waals surface area contributed by atoms with E-state index in [4.69, 9.17) is 15.0 Å². The quantitative estimate of drug-likeness (QED) is 0.192. The van der Waals surface area contributed by atoms with E-state index in [1.165, 1.54) is 52.9 Å². The number of allylic oxidation sites excluding steroid dienone is 8. The number of hydrogen-bond donors (Lipinski definition) is 0. The minimum atomic E-state index is 0.341. The molecule has 9 rings (SSSR count). The lowest BCUT2D eigenvalue weighted by atomic mass is 9.81. The molecule has 0 N–H and O–H groups in total. The molecule has 0 fully saturated rings. The zero-order valence-corrected chi connectivity index (χ0v) is 26.9. The zero-order chi connectivity index (χ0) is 31.2. The molecule has 0 aliphatic heterocycles. The Morgan fingerprint density at radius 2 is 1.38 bits per heavy atom. The van der Waals surface area contributed by atoms with Gasteiger partial charge in [-0.2, -0.15) is 0 Å². The van der Waals surface area contributed by atoms with Crippen LogP contribution in [0.2, 0.25) is 0 Å². The van der Waals surface area contributed by atoms with E-state index in [0.717, 1.165) is 60.7 Å². The van der Waals surface area contributed by atoms with Crippen molar-refractivity contribution in [3.63, 3.8) is 0 Å². The van der Waals surface area contributed by atoms with Gasteiger partial charge in [-0.25, -0.2) is 15.0 Å². The normalized spacial score (nSPS) is 17.6. The molecule has 1 unspecified atom stereocenters. The van der Waals surface area contributed by atoms with E-state index in [2.05, 4.69) is 115 Å². The molecule has 1 atom stereocenters. The number of fused-ring (bicyclic) bond motifs is 4. The molecule has 0 spiro atoms. The molecule has 47 heavy (non-hydrogen) atoms. The number of nitrogens with zero attached hydrogens (tertiary/aromatic N) is 3. The molecule has 6 aromatic rings. The molecule has 0 amide bonds. The Labute approximate surface area is 278 Å². The molecular formula is C43H33N3S. The van der Waals surface area contributed by atoms with E-state index >= 15 is 0 Å². The van der Waals surface area contributed by atoms with Gasteiger partial charge >= 0.3 is 0 Å². The van der Waals surface area contributed by atoms with Gasteiger partial charge in [0.1, 0.15) is 0 Å². The maximum atomic E-state index is 5.13. The van der Waals surface area contributed by atoms with Gasteiger partial charge in [0.15, 0.2) is 17.5 Å². The number of rotatable bonds is 5. The van der Waals surface area contributed by atoms with Crippen molar-refractivity contribution in [2.24, 2.45) is 0 Å². The van der Waals surface area contributed by atoms with E-state index in [1.807, 2.05) is 29.5 Å². The third-order valence-electron chi connectivity index (χ3n) is 9.70. The SMILES string of the molecule is C1=CC(c2cccc3c2sc2ccccc23)CC(C2=c3ccccc3=C(c3nc(C4=CCCC=C4)nc(-c4ccccc4)n3)CC2)=C1. The van der Waals surface area contributed by atoms with Crippen LogP contribution in [-0.4, -0.2) is 15.0 Å². The summed E-state index contributed by atoms with van der Waals surface area (Å²) in [6, 6.07) is 34.8. The van der Waals surface area contributed by atoms with Crippen LogP contribution in [0.1, 0.15) is 55.2 Å². The first kappa shape index (κ1) is 28.1. The standard InChI is InChI=1S/C43H33N3S/c1-3-13-28(14-4-1)41-44-42(29-15-5-2-6-16-29)46-43(45-41)38-26-25-32(34-19-7-8-20-35(34)38)30-17-11-18-31(27-30)33-22-12-23-37-36-21-9-10-24-39(36)47-40(33)37/h1,3-5,7-24,31H,2,6,25-27H2. The van der Waals surface area contributed by atoms with Crippen LogP contribution < -0.4 is 10.4 Å². The van der Waals surface area contributed by atoms with E-state index in [0.29, 0.717) is 5.92 Å². The van der Waals surface area contributed by atoms with Crippen LogP contribution in [0.25, 0.3) is 48.3 Å². The van der Waals surface area contributed by atoms with Crippen LogP contribution in [-0.2, 0) is 0 Å². The van der Waals surface area contributed by atoms with Crippen molar-refractivity contribution in [3.05, 3.63) is 167 Å². The lowest BCUT2D eigenvalue weighted by Gasteiger charge is -2.24. The summed E-state index contributed by atoms with van der Waals surface area (Å²) in [5, 5.41) is 5.26. The van der Waals surface area contributed by atoms with Crippen molar-refractivity contribution in [1.82, 2.24) is 15.0 Å². The molecule has 4 heteroatoms. The van der Waals surface area contributed by atoms with Gasteiger partial charge in [-0.15, -0.1) is 11.3 Å². The molecule has 3 nitrogen and oxygen atoms in total. The zero-order valence-electron chi connectivity index (χ0n) is 26.1. The van der Waals surface area contributed by atoms with E-state index < -0.39 is 0 Å². The Bertz CT molecular complexity index is 2440. The summed E-state index contributed by atoms with van der Waals surface area (Å²) < 4.78 is 2.77. The maximum absolute atomic E-state index is 5.13. The second kappa shape index (κ2) is 11.9. The first-order valence-corrected chi connectivity index (χ1v) is 17.4. The van der Waals surface area contributed by atoms with Crippen molar-refractivity contribution >= 4 is 48.2 Å². The van der Waals surface area contributed by atoms with Gasteiger partial charge in [0, 0.05) is 42.8 Å². The monoisotopic (exact) mass is 623 g/mol. The summed E-state index contributed by atoms with van der Waals surface area (Å²) in [4.78, 5) is 15.2. The van der Waals surface area contributed by atoms with Crippen LogP contribution in [0.3, 0.4) is 0 Å². The molecule has 0 saturated heterocycles. The summed E-state index contributed by atoms with van der Waals surface area (Å²) in [7, 11) is 0. The topological polar surface area (TPSA) is 38.7 Å². The van der Waals surface area contributed by atoms with Gasteiger partial charge in [-0.05, 0) is 65.3 Å². The van der Waals surface area contributed by atoms with Crippen LogP contribution in [0, 0.1) is 0 Å². The summed E-state index contributed by atoms with van der Waals surface area (Å²) in [5.74, 6) is 2.60. The Morgan fingerprint density at radius 3 is 2.26 bits per heavy atom. The highest BCUT2D eigenvalue weighted by molar-refractivity contribution is 7.26. The highest BCUT2D eigenvalue weighted by Gasteiger charge is 2.24. The van der Waals surface area contributed by atoms with Gasteiger partial charge in [0.05, 0.1) is 0 Å². The first-order chi connectivity index (χ1) is 23.3. The minimum Gasteiger partial charge on any atom is -0.209 e. The molecule has 3 aliphatic carbocycles. The highest BCUT2D eigenvalue weighted by Crippen LogP contribution is 2.42. The molecule has 2 heterocycles. The van der Waals surface area contributed by atoms with E-state index in [-0.39, 0.29) is 0 Å². The molecule has 2 aromatic heterocycles. The van der Waals surface area contributed by atoms with Crippen LogP contribution in [0.15, 0.2) is 139 Å². The number of aromatic nitrogens is 3. The van der Waals surface area contributed by atoms with Crippen molar-refractivity contribution in [1.29, 1.82) is 0 Å². The number of thiophene rings is 1. The average Bonchev–Trinajstić information content (AvgIpc) is 3.54. The Morgan fingerprint density at radius 1 is 0.638 bits per heavy atom. The third kappa shape index (κ3) is 5.10. The molecule has 226 valence electrons. The predicted molar refractivity (Wildman–Crippen MR) is 196 cm³/mol. The van der Waals surface area contributed by atoms with Gasteiger partial charge in [0.25, 0.3) is 0 Å². The molecule has 0 bridgehead atoms. The molecule has 4 aromatic carbocycles. The van der Waals surface area contributed by atoms with Gasteiger partial charge in [-0.1, -0.05) is 127 Å². The predicted octanol–water partition coefficient (Wildman–Crippen LogP) is 9.45. The van der Waals surface area contributed by atoms with Crippen molar-refractivity contribution in [2.75, 3.05) is 0 Å². The fourth-order valence-corrected chi connectivity index (χ4v) is 8.69. The summed E-state index contributed by atoms with van der Waals surface area (Å²) in [6.45, 7) is 0. The summed E-state index contributed by atoms with van der Waals surface area (Å²) in [6.07, 6.45) is 18.5. The minimum absolute atomic E-state index is 0.341. The van der Waals surface area contributed by atoms with E-state index in [9.17, 15) is 0 Å². The van der Waals surface area contributed by atoms with Crippen molar-refractivity contribution in [3.8, 4) is 11.4 Å². The molecular weight excluding hydrogens is 591 g/mol. The Hall–Kier alpha value is -5.19. The van der Waals surface area contributed by atoms with Gasteiger partial charge in [-0.3, -0.25) is 0 Å². The molecule has 3 aliphatic rings. The molecule has 0 saturated carbocycles. The van der Waals surface area contributed by atoms with Crippen molar-refractivity contribution < 1.29 is 0 Å². The van der Waals surface area contributed by atoms with Crippen LogP contribution in [0.4, 0.5) is 0 Å². The largest absolute Gasteiger partial charge is 0.209 e. The highest BCUT2D eigenvalue weighted by atomic mass is 32.1. The molecule has 0 radical (unpaired) electrons. The fourth-order valence-electron chi connectivity index (χ4n) is 7.41. The lowest BCUT2D eigenvalue weighted by molar-refractivity contribution is 0.828. The third-order valence-corrected chi connectivity index (χ3v) is 10.9. The second-order valence-corrected chi connectivity index (χ2v) is 13.6. The second-order valence-electron chi connectivity index (χ2n) is 12.5. The lowest BCUT2D eigenvalue weighted by Crippen LogP contribution is -2.33. The fraction of sp³-hybridized carbons (Fsp3) is 0.140. The number of benzene rings is 4. The van der Waals surface area contributed by atoms with Gasteiger partial charge < -0.3 is 0 Å². The maximum Gasteiger partial charge on any atom is 0.164 e. The van der Waals surface area contributed by atoms with Gasteiger partial charge in [0.2, 0.25) is 0 Å². The summed E-state index contributed by atoms with van der Waals surface area (Å²) >= 11 is 1.93. The summed E-state index contributed by atoms with van der Waals surface area (Å²) in [5.41, 5.74) is 7.59.